The Morgan fingerprint density at radius 2 is 2.00 bits per heavy atom. The van der Waals surface area contributed by atoms with Crippen molar-refractivity contribution in [1.29, 1.82) is 0 Å². The van der Waals surface area contributed by atoms with E-state index in [1.165, 1.54) is 6.92 Å². The number of rotatable bonds is 0. The molecular weight excluding hydrogens is 181 g/mol. The summed E-state index contributed by atoms with van der Waals surface area (Å²) in [6, 6.07) is 0. The van der Waals surface area contributed by atoms with E-state index in [4.69, 9.17) is 4.74 Å². The van der Waals surface area contributed by atoms with Crippen molar-refractivity contribution in [3.63, 3.8) is 0 Å². The van der Waals surface area contributed by atoms with Gasteiger partial charge in [0.05, 0.1) is 17.6 Å². The highest BCUT2D eigenvalue weighted by Gasteiger charge is 2.65. The molecule has 0 aromatic heterocycles. The van der Waals surface area contributed by atoms with Crippen molar-refractivity contribution in [2.24, 2.45) is 11.3 Å². The smallest absolute Gasteiger partial charge is 0.374 e. The van der Waals surface area contributed by atoms with Gasteiger partial charge in [-0.25, -0.2) is 0 Å². The molecular formula is C9H13F3O. The summed E-state index contributed by atoms with van der Waals surface area (Å²) in [5, 5.41) is 0. The molecule has 4 heteroatoms. The number of halogens is 3. The summed E-state index contributed by atoms with van der Waals surface area (Å²) >= 11 is 0. The minimum Gasteiger partial charge on any atom is -0.374 e. The zero-order valence-corrected chi connectivity index (χ0v) is 7.69. The third-order valence-corrected chi connectivity index (χ3v) is 3.54. The van der Waals surface area contributed by atoms with Gasteiger partial charge in [-0.2, -0.15) is 13.2 Å². The Labute approximate surface area is 75.3 Å². The second kappa shape index (κ2) is 2.41. The number of hydrogen-bond acceptors (Lipinski definition) is 1. The molecule has 0 N–H and O–H groups in total. The van der Waals surface area contributed by atoms with Gasteiger partial charge in [0.25, 0.3) is 0 Å². The van der Waals surface area contributed by atoms with E-state index in [1.807, 2.05) is 6.92 Å². The molecule has 2 aliphatic rings. The molecule has 76 valence electrons. The zero-order valence-electron chi connectivity index (χ0n) is 7.69. The van der Waals surface area contributed by atoms with E-state index in [2.05, 4.69) is 0 Å². The lowest BCUT2D eigenvalue weighted by Gasteiger charge is -2.34. The van der Waals surface area contributed by atoms with Crippen LogP contribution in [0.3, 0.4) is 0 Å². The first kappa shape index (κ1) is 9.31. The largest absolute Gasteiger partial charge is 0.396 e. The highest BCUT2D eigenvalue weighted by molar-refractivity contribution is 5.04. The number of ether oxygens (including phenoxy) is 1. The van der Waals surface area contributed by atoms with Crippen LogP contribution < -0.4 is 0 Å². The molecule has 1 nitrogen and oxygen atoms in total. The van der Waals surface area contributed by atoms with E-state index in [0.29, 0.717) is 12.3 Å². The summed E-state index contributed by atoms with van der Waals surface area (Å²) < 4.78 is 43.3. The van der Waals surface area contributed by atoms with Crippen LogP contribution in [0.25, 0.3) is 0 Å². The monoisotopic (exact) mass is 194 g/mol. The zero-order chi connectivity index (χ0) is 9.85. The van der Waals surface area contributed by atoms with Crippen LogP contribution in [-0.4, -0.2) is 18.4 Å². The molecule has 0 amide bonds. The quantitative estimate of drug-likeness (QED) is 0.576. The van der Waals surface area contributed by atoms with E-state index < -0.39 is 17.7 Å². The molecule has 4 atom stereocenters. The second-order valence-corrected chi connectivity index (χ2v) is 4.50. The lowest BCUT2D eigenvalue weighted by atomic mass is 9.72. The van der Waals surface area contributed by atoms with Crippen LogP contribution in [0.4, 0.5) is 13.2 Å². The van der Waals surface area contributed by atoms with Crippen LogP contribution in [0.5, 0.6) is 0 Å². The normalized spacial score (nSPS) is 50.1. The van der Waals surface area contributed by atoms with Crippen LogP contribution in [0.15, 0.2) is 0 Å². The first-order valence-corrected chi connectivity index (χ1v) is 4.57. The Bertz CT molecular complexity index is 223. The summed E-state index contributed by atoms with van der Waals surface area (Å²) in [4.78, 5) is 0. The van der Waals surface area contributed by atoms with Crippen LogP contribution in [0.2, 0.25) is 0 Å². The van der Waals surface area contributed by atoms with E-state index >= 15 is 0 Å². The topological polar surface area (TPSA) is 9.23 Å². The van der Waals surface area contributed by atoms with Crippen molar-refractivity contribution in [1.82, 2.24) is 0 Å². The highest BCUT2D eigenvalue weighted by Crippen LogP contribution is 2.57. The fraction of sp³-hybridized carbons (Fsp3) is 1.00. The summed E-state index contributed by atoms with van der Waals surface area (Å²) in [6.07, 6.45) is -4.20. The van der Waals surface area contributed by atoms with Gasteiger partial charge in [-0.15, -0.1) is 0 Å². The molecule has 2 heterocycles. The summed E-state index contributed by atoms with van der Waals surface area (Å²) in [5.74, 6) is 0.292. The third kappa shape index (κ3) is 1.11. The maximum atomic E-state index is 12.6. The Morgan fingerprint density at radius 1 is 1.38 bits per heavy atom. The SMILES string of the molecule is C[C@@H]1CC2OC1CC2(C)C(F)(F)F. The lowest BCUT2D eigenvalue weighted by molar-refractivity contribution is -0.232. The van der Waals surface area contributed by atoms with Crippen LogP contribution in [0, 0.1) is 11.3 Å². The molecule has 2 saturated heterocycles. The fourth-order valence-corrected chi connectivity index (χ4v) is 2.40. The van der Waals surface area contributed by atoms with E-state index in [1.54, 1.807) is 0 Å². The Kier molecular flexibility index (Phi) is 1.72. The predicted octanol–water partition coefficient (Wildman–Crippen LogP) is 2.75. The Balaban J connectivity index is 2.22. The predicted molar refractivity (Wildman–Crippen MR) is 41.2 cm³/mol. The average Bonchev–Trinajstić information content (AvgIpc) is 2.42. The maximum Gasteiger partial charge on any atom is 0.396 e. The van der Waals surface area contributed by atoms with Gasteiger partial charge in [-0.1, -0.05) is 6.92 Å². The van der Waals surface area contributed by atoms with Crippen LogP contribution in [0.1, 0.15) is 26.7 Å². The first-order chi connectivity index (χ1) is 5.84. The van der Waals surface area contributed by atoms with E-state index in [0.717, 1.165) is 0 Å². The van der Waals surface area contributed by atoms with Gasteiger partial charge >= 0.3 is 6.18 Å². The lowest BCUT2D eigenvalue weighted by Crippen LogP contribution is -2.44. The second-order valence-electron chi connectivity index (χ2n) is 4.50. The molecule has 2 bridgehead atoms. The minimum absolute atomic E-state index is 0.141. The molecule has 0 aromatic rings. The number of fused-ring (bicyclic) bond motifs is 2. The summed E-state index contributed by atoms with van der Waals surface area (Å²) in [5.41, 5.74) is -1.59. The summed E-state index contributed by atoms with van der Waals surface area (Å²) in [6.45, 7) is 3.24. The molecule has 3 unspecified atom stereocenters. The van der Waals surface area contributed by atoms with E-state index in [9.17, 15) is 13.2 Å². The molecule has 2 rings (SSSR count). The number of hydrogen-bond donors (Lipinski definition) is 0. The summed E-state index contributed by atoms with van der Waals surface area (Å²) in [7, 11) is 0. The molecule has 2 aliphatic heterocycles. The molecule has 0 spiro atoms. The van der Waals surface area contributed by atoms with Crippen molar-refractivity contribution in [2.75, 3.05) is 0 Å². The molecule has 13 heavy (non-hydrogen) atoms. The van der Waals surface area contributed by atoms with Gasteiger partial charge in [0.1, 0.15) is 0 Å². The molecule has 0 radical (unpaired) electrons. The van der Waals surface area contributed by atoms with Gasteiger partial charge in [-0.05, 0) is 25.7 Å². The Morgan fingerprint density at radius 3 is 2.31 bits per heavy atom. The first-order valence-electron chi connectivity index (χ1n) is 4.57. The van der Waals surface area contributed by atoms with Crippen molar-refractivity contribution in [3.05, 3.63) is 0 Å². The minimum atomic E-state index is -4.12. The number of alkyl halides is 3. The molecule has 0 saturated carbocycles. The third-order valence-electron chi connectivity index (χ3n) is 3.54. The Hall–Kier alpha value is -0.250. The standard InChI is InChI=1S/C9H13F3O/c1-5-3-7-8(2,9(10,11)12)4-6(5)13-7/h5-7H,3-4H2,1-2H3/t5-,6?,7?,8?/m1/s1. The van der Waals surface area contributed by atoms with Gasteiger partial charge in [0, 0.05) is 0 Å². The molecule has 0 aromatic carbocycles. The van der Waals surface area contributed by atoms with Crippen molar-refractivity contribution < 1.29 is 17.9 Å². The van der Waals surface area contributed by atoms with Crippen molar-refractivity contribution >= 4 is 0 Å². The fourth-order valence-electron chi connectivity index (χ4n) is 2.40. The molecule has 0 aliphatic carbocycles. The molecule has 2 fully saturated rings. The highest BCUT2D eigenvalue weighted by atomic mass is 19.4. The average molecular weight is 194 g/mol. The van der Waals surface area contributed by atoms with Gasteiger partial charge in [0.2, 0.25) is 0 Å². The van der Waals surface area contributed by atoms with E-state index in [-0.39, 0.29) is 12.5 Å². The van der Waals surface area contributed by atoms with Crippen molar-refractivity contribution in [3.8, 4) is 0 Å². The van der Waals surface area contributed by atoms with Crippen LogP contribution >= 0.6 is 0 Å². The van der Waals surface area contributed by atoms with Crippen LogP contribution in [-0.2, 0) is 4.74 Å². The maximum absolute atomic E-state index is 12.6. The van der Waals surface area contributed by atoms with Gasteiger partial charge < -0.3 is 4.74 Å². The van der Waals surface area contributed by atoms with Crippen molar-refractivity contribution in [2.45, 2.75) is 45.1 Å². The van der Waals surface area contributed by atoms with Gasteiger partial charge in [0.15, 0.2) is 0 Å². The van der Waals surface area contributed by atoms with Gasteiger partial charge in [-0.3, -0.25) is 0 Å².